The number of sulfone groups is 1. The van der Waals surface area contributed by atoms with E-state index in [1.54, 1.807) is 0 Å². The van der Waals surface area contributed by atoms with Crippen LogP contribution >= 0.6 is 0 Å². The topological polar surface area (TPSA) is 77.7 Å². The molecule has 0 atom stereocenters. The fourth-order valence-electron chi connectivity index (χ4n) is 2.78. The lowest BCUT2D eigenvalue weighted by Crippen LogP contribution is -2.34. The number of aryl methyl sites for hydroxylation is 1. The highest BCUT2D eigenvalue weighted by molar-refractivity contribution is 7.91. The second kappa shape index (κ2) is 7.35. The van der Waals surface area contributed by atoms with E-state index in [0.717, 1.165) is 11.5 Å². The van der Waals surface area contributed by atoms with Gasteiger partial charge in [0.2, 0.25) is 0 Å². The number of nitrogens with zero attached hydrogens (tertiary/aromatic N) is 4. The summed E-state index contributed by atoms with van der Waals surface area (Å²) in [5.74, 6) is -6.46. The molecule has 0 radical (unpaired) electrons. The predicted octanol–water partition coefficient (Wildman–Crippen LogP) is 4.50. The number of imidazole rings is 1. The molecule has 3 rings (SSSR count). The lowest BCUT2D eigenvalue weighted by molar-refractivity contribution is -0.289. The van der Waals surface area contributed by atoms with Crippen LogP contribution in [-0.2, 0) is 29.0 Å². The Morgan fingerprint density at radius 2 is 1.53 bits per heavy atom. The van der Waals surface area contributed by atoms with E-state index in [2.05, 4.69) is 15.0 Å². The molecule has 174 valence electrons. The first kappa shape index (κ1) is 23.8. The quantitative estimate of drug-likeness (QED) is 0.506. The lowest BCUT2D eigenvalue weighted by atomic mass is 10.1. The Morgan fingerprint density at radius 3 is 2.06 bits per heavy atom. The van der Waals surface area contributed by atoms with Crippen molar-refractivity contribution < 1.29 is 43.5 Å². The minimum Gasteiger partial charge on any atom is -0.310 e. The van der Waals surface area contributed by atoms with Gasteiger partial charge in [-0.05, 0) is 12.1 Å². The Kier molecular flexibility index (Phi) is 5.47. The molecule has 3 aromatic heterocycles. The molecule has 0 amide bonds. The van der Waals surface area contributed by atoms with Gasteiger partial charge in [-0.3, -0.25) is 4.98 Å². The largest absolute Gasteiger partial charge is 0.458 e. The summed E-state index contributed by atoms with van der Waals surface area (Å²) < 4.78 is 131. The van der Waals surface area contributed by atoms with Crippen LogP contribution < -0.4 is 0 Å². The van der Waals surface area contributed by atoms with Crippen molar-refractivity contribution in [2.24, 2.45) is 7.05 Å². The van der Waals surface area contributed by atoms with Gasteiger partial charge in [0.05, 0.1) is 21.8 Å². The highest BCUT2D eigenvalue weighted by Gasteiger charge is 2.59. The molecule has 0 spiro atoms. The van der Waals surface area contributed by atoms with Crippen LogP contribution in [0.4, 0.5) is 35.1 Å². The number of hydrogen-bond acceptors (Lipinski definition) is 5. The Hall–Kier alpha value is -2.84. The number of aromatic nitrogens is 4. The maximum atomic E-state index is 13.8. The number of rotatable bonds is 4. The van der Waals surface area contributed by atoms with Gasteiger partial charge in [0.15, 0.2) is 21.3 Å². The van der Waals surface area contributed by atoms with Crippen molar-refractivity contribution in [3.05, 3.63) is 35.7 Å². The SMILES string of the molecule is CCS(=O)(=O)c1cc(C(F)(F)C(F)(F)F)cnc1-c1nc2cc(C(F)(F)F)cnc2n1C. The van der Waals surface area contributed by atoms with Gasteiger partial charge in [0.25, 0.3) is 0 Å². The first-order chi connectivity index (χ1) is 14.5. The van der Waals surface area contributed by atoms with E-state index in [1.165, 1.54) is 7.05 Å². The molecule has 3 aromatic rings. The predicted molar refractivity (Wildman–Crippen MR) is 94.4 cm³/mol. The van der Waals surface area contributed by atoms with Crippen LogP contribution in [0.5, 0.6) is 0 Å². The van der Waals surface area contributed by atoms with Gasteiger partial charge in [-0.1, -0.05) is 6.92 Å². The number of hydrogen-bond donors (Lipinski definition) is 0. The molecule has 0 N–H and O–H groups in total. The molecular weight excluding hydrogens is 476 g/mol. The molecule has 32 heavy (non-hydrogen) atoms. The highest BCUT2D eigenvalue weighted by atomic mass is 32.2. The summed E-state index contributed by atoms with van der Waals surface area (Å²) in [6.07, 6.45) is -10.1. The van der Waals surface area contributed by atoms with E-state index in [0.29, 0.717) is 12.3 Å². The molecule has 0 saturated carbocycles. The zero-order valence-corrected chi connectivity index (χ0v) is 16.9. The van der Waals surface area contributed by atoms with Gasteiger partial charge in [-0.25, -0.2) is 18.4 Å². The van der Waals surface area contributed by atoms with Crippen molar-refractivity contribution in [3.63, 3.8) is 0 Å². The average molecular weight is 488 g/mol. The molecular formula is C17H12F8N4O2S. The molecule has 6 nitrogen and oxygen atoms in total. The van der Waals surface area contributed by atoms with Crippen LogP contribution in [0, 0.1) is 0 Å². The number of pyridine rings is 2. The Balaban J connectivity index is 2.30. The van der Waals surface area contributed by atoms with Crippen LogP contribution in [0.1, 0.15) is 18.1 Å². The van der Waals surface area contributed by atoms with Crippen LogP contribution in [0.3, 0.4) is 0 Å². The molecule has 0 aromatic carbocycles. The fourth-order valence-corrected chi connectivity index (χ4v) is 3.84. The Bertz CT molecular complexity index is 1300. The van der Waals surface area contributed by atoms with E-state index in [4.69, 9.17) is 0 Å². The van der Waals surface area contributed by atoms with Gasteiger partial charge in [0.1, 0.15) is 11.2 Å². The summed E-state index contributed by atoms with van der Waals surface area (Å²) in [5, 5.41) is 0. The monoisotopic (exact) mass is 488 g/mol. The molecule has 0 fully saturated rings. The van der Waals surface area contributed by atoms with Gasteiger partial charge in [-0.2, -0.15) is 35.1 Å². The summed E-state index contributed by atoms with van der Waals surface area (Å²) in [5.41, 5.74) is -3.91. The molecule has 0 aliphatic carbocycles. The maximum Gasteiger partial charge on any atom is 0.458 e. The highest BCUT2D eigenvalue weighted by Crippen LogP contribution is 2.45. The average Bonchev–Trinajstić information content (AvgIpc) is 3.02. The number of fused-ring (bicyclic) bond motifs is 1. The third-order valence-corrected chi connectivity index (χ3v) is 6.28. The molecule has 15 heteroatoms. The molecule has 0 saturated heterocycles. The van der Waals surface area contributed by atoms with Crippen molar-refractivity contribution in [3.8, 4) is 11.5 Å². The zero-order valence-electron chi connectivity index (χ0n) is 16.1. The van der Waals surface area contributed by atoms with Gasteiger partial charge in [0, 0.05) is 19.4 Å². The first-order valence-corrected chi connectivity index (χ1v) is 10.2. The van der Waals surface area contributed by atoms with Crippen LogP contribution in [-0.4, -0.2) is 39.9 Å². The lowest BCUT2D eigenvalue weighted by Gasteiger charge is -2.20. The molecule has 3 heterocycles. The van der Waals surface area contributed by atoms with E-state index in [9.17, 15) is 43.5 Å². The van der Waals surface area contributed by atoms with Gasteiger partial charge in [-0.15, -0.1) is 0 Å². The standard InChI is InChI=1S/C17H12F8N4O2S/c1-3-32(30,31)11-5-8(15(18,19)17(23,24)25)6-26-12(11)14-28-10-4-9(16(20,21)22)7-27-13(10)29(14)2/h4-7H,3H2,1-2H3. The second-order valence-corrected chi connectivity index (χ2v) is 8.85. The summed E-state index contributed by atoms with van der Waals surface area (Å²) in [4.78, 5) is 10.0. The van der Waals surface area contributed by atoms with Crippen molar-refractivity contribution in [1.82, 2.24) is 19.5 Å². The van der Waals surface area contributed by atoms with Crippen LogP contribution in [0.15, 0.2) is 29.4 Å². The zero-order chi connectivity index (χ0) is 24.3. The summed E-state index contributed by atoms with van der Waals surface area (Å²) in [6, 6.07) is 0.772. The summed E-state index contributed by atoms with van der Waals surface area (Å²) in [7, 11) is -3.16. The molecule has 0 aliphatic heterocycles. The first-order valence-electron chi connectivity index (χ1n) is 8.58. The summed E-state index contributed by atoms with van der Waals surface area (Å²) >= 11 is 0. The maximum absolute atomic E-state index is 13.8. The van der Waals surface area contributed by atoms with Crippen molar-refractivity contribution in [1.29, 1.82) is 0 Å². The Labute approximate surface area is 174 Å². The number of alkyl halides is 8. The smallest absolute Gasteiger partial charge is 0.310 e. The normalized spacial score (nSPS) is 13.7. The van der Waals surface area contributed by atoms with Crippen molar-refractivity contribution in [2.75, 3.05) is 5.75 Å². The second-order valence-electron chi connectivity index (χ2n) is 6.61. The van der Waals surface area contributed by atoms with Crippen LogP contribution in [0.2, 0.25) is 0 Å². The number of halogens is 8. The van der Waals surface area contributed by atoms with E-state index in [-0.39, 0.29) is 29.3 Å². The Morgan fingerprint density at radius 1 is 0.938 bits per heavy atom. The van der Waals surface area contributed by atoms with Crippen molar-refractivity contribution >= 4 is 21.0 Å². The van der Waals surface area contributed by atoms with Gasteiger partial charge >= 0.3 is 18.3 Å². The minimum atomic E-state index is -6.01. The fraction of sp³-hybridized carbons (Fsp3) is 0.353. The van der Waals surface area contributed by atoms with Crippen molar-refractivity contribution in [2.45, 2.75) is 30.1 Å². The van der Waals surface area contributed by atoms with E-state index >= 15 is 0 Å². The van der Waals surface area contributed by atoms with Gasteiger partial charge < -0.3 is 4.57 Å². The molecule has 0 unspecified atom stereocenters. The minimum absolute atomic E-state index is 0.126. The van der Waals surface area contributed by atoms with E-state index in [1.807, 2.05) is 0 Å². The van der Waals surface area contributed by atoms with Crippen LogP contribution in [0.25, 0.3) is 22.7 Å². The van der Waals surface area contributed by atoms with E-state index < -0.39 is 55.6 Å². The third kappa shape index (κ3) is 3.89. The molecule has 0 aliphatic rings. The summed E-state index contributed by atoms with van der Waals surface area (Å²) in [6.45, 7) is 1.12. The third-order valence-electron chi connectivity index (χ3n) is 4.53. The molecule has 0 bridgehead atoms.